The maximum Gasteiger partial charge on any atom is 0.177 e. The molecule has 0 aliphatic heterocycles. The summed E-state index contributed by atoms with van der Waals surface area (Å²) in [6.07, 6.45) is -1.34. The molecular weight excluding hydrogens is 154 g/mol. The molecule has 0 aliphatic rings. The Balaban J connectivity index is 4.50. The van der Waals surface area contributed by atoms with E-state index in [9.17, 15) is 8.42 Å². The zero-order valence-corrected chi connectivity index (χ0v) is 6.50. The highest BCUT2D eigenvalue weighted by Crippen LogP contribution is 2.03. The van der Waals surface area contributed by atoms with Crippen LogP contribution in [0.25, 0.3) is 0 Å². The first-order valence-corrected chi connectivity index (χ1v) is 4.32. The summed E-state index contributed by atoms with van der Waals surface area (Å²) in [6.45, 7) is 4.40. The summed E-state index contributed by atoms with van der Waals surface area (Å²) in [4.78, 5) is 0. The second-order valence-electron chi connectivity index (χ2n) is 1.95. The molecular formula is C5H11NO3S. The first-order valence-electron chi connectivity index (χ1n) is 2.72. The zero-order chi connectivity index (χ0) is 8.36. The largest absolute Gasteiger partial charge is 0.377 e. The Morgan fingerprint density at radius 3 is 2.20 bits per heavy atom. The van der Waals surface area contributed by atoms with Crippen molar-refractivity contribution < 1.29 is 13.5 Å². The van der Waals surface area contributed by atoms with Gasteiger partial charge in [0.2, 0.25) is 0 Å². The van der Waals surface area contributed by atoms with Crippen LogP contribution < -0.4 is 5.73 Å². The van der Waals surface area contributed by atoms with Crippen LogP contribution in [0.4, 0.5) is 0 Å². The van der Waals surface area contributed by atoms with Gasteiger partial charge in [0.15, 0.2) is 9.84 Å². The molecule has 0 saturated carbocycles. The van der Waals surface area contributed by atoms with E-state index in [1.807, 2.05) is 0 Å². The Morgan fingerprint density at radius 1 is 1.70 bits per heavy atom. The summed E-state index contributed by atoms with van der Waals surface area (Å²) in [6, 6.07) is 0. The van der Waals surface area contributed by atoms with E-state index in [1.165, 1.54) is 6.92 Å². The average molecular weight is 165 g/mol. The van der Waals surface area contributed by atoms with Gasteiger partial charge >= 0.3 is 0 Å². The Labute approximate surface area is 60.3 Å². The van der Waals surface area contributed by atoms with Crippen LogP contribution in [0.5, 0.6) is 0 Å². The van der Waals surface area contributed by atoms with E-state index in [4.69, 9.17) is 10.8 Å². The highest BCUT2D eigenvalue weighted by Gasteiger charge is 2.21. The summed E-state index contributed by atoms with van der Waals surface area (Å²) >= 11 is 0. The standard InChI is InChI=1S/C5H11NO3S/c1-3-10(8,9)4(2)5(6)7/h3-5,7H,1,6H2,2H3. The van der Waals surface area contributed by atoms with Crippen LogP contribution >= 0.6 is 0 Å². The fourth-order valence-electron chi connectivity index (χ4n) is 0.346. The van der Waals surface area contributed by atoms with Gasteiger partial charge in [-0.15, -0.1) is 0 Å². The summed E-state index contributed by atoms with van der Waals surface area (Å²) in [5.74, 6) is 0. The third-order valence-electron chi connectivity index (χ3n) is 1.23. The number of hydrogen-bond donors (Lipinski definition) is 2. The van der Waals surface area contributed by atoms with Crippen LogP contribution in [-0.2, 0) is 9.84 Å². The van der Waals surface area contributed by atoms with E-state index in [2.05, 4.69) is 6.58 Å². The quantitative estimate of drug-likeness (QED) is 0.537. The number of aliphatic hydroxyl groups excluding tert-OH is 1. The predicted octanol–water partition coefficient (Wildman–Crippen LogP) is -0.790. The fourth-order valence-corrected chi connectivity index (χ4v) is 1.04. The molecule has 5 heteroatoms. The van der Waals surface area contributed by atoms with Gasteiger partial charge in [-0.3, -0.25) is 0 Å². The zero-order valence-electron chi connectivity index (χ0n) is 5.69. The topological polar surface area (TPSA) is 80.4 Å². The van der Waals surface area contributed by atoms with E-state index in [-0.39, 0.29) is 0 Å². The van der Waals surface area contributed by atoms with Gasteiger partial charge in [0.25, 0.3) is 0 Å². The normalized spacial score (nSPS) is 17.9. The molecule has 0 aromatic carbocycles. The lowest BCUT2D eigenvalue weighted by Gasteiger charge is -2.11. The number of aliphatic hydroxyl groups is 1. The molecule has 0 heterocycles. The molecule has 0 radical (unpaired) electrons. The molecule has 0 aromatic rings. The molecule has 0 amide bonds. The van der Waals surface area contributed by atoms with Crippen LogP contribution in [0.3, 0.4) is 0 Å². The molecule has 3 N–H and O–H groups in total. The second kappa shape index (κ2) is 3.14. The van der Waals surface area contributed by atoms with E-state index in [0.717, 1.165) is 5.41 Å². The van der Waals surface area contributed by atoms with Crippen LogP contribution in [-0.4, -0.2) is 25.0 Å². The molecule has 2 unspecified atom stereocenters. The average Bonchev–Trinajstić information content (AvgIpc) is 1.86. The lowest BCUT2D eigenvalue weighted by molar-refractivity contribution is 0.181. The summed E-state index contributed by atoms with van der Waals surface area (Å²) in [5.41, 5.74) is 4.93. The smallest absolute Gasteiger partial charge is 0.177 e. The summed E-state index contributed by atoms with van der Waals surface area (Å²) < 4.78 is 21.6. The Kier molecular flexibility index (Phi) is 3.01. The van der Waals surface area contributed by atoms with Crippen LogP contribution in [0, 0.1) is 0 Å². The SMILES string of the molecule is C=CS(=O)(=O)C(C)C(N)O. The van der Waals surface area contributed by atoms with Gasteiger partial charge in [0, 0.05) is 5.41 Å². The molecule has 0 saturated heterocycles. The molecule has 2 atom stereocenters. The van der Waals surface area contributed by atoms with Crippen LogP contribution in [0.15, 0.2) is 12.0 Å². The molecule has 4 nitrogen and oxygen atoms in total. The Morgan fingerprint density at radius 2 is 2.10 bits per heavy atom. The molecule has 0 aromatic heterocycles. The van der Waals surface area contributed by atoms with E-state index < -0.39 is 21.3 Å². The third kappa shape index (κ3) is 2.09. The molecule has 0 spiro atoms. The van der Waals surface area contributed by atoms with Crippen molar-refractivity contribution in [1.82, 2.24) is 0 Å². The Hall–Kier alpha value is -0.390. The second-order valence-corrected chi connectivity index (χ2v) is 4.21. The molecule has 60 valence electrons. The third-order valence-corrected chi connectivity index (χ3v) is 3.01. The number of nitrogens with two attached hydrogens (primary N) is 1. The fraction of sp³-hybridized carbons (Fsp3) is 0.600. The van der Waals surface area contributed by atoms with Crippen molar-refractivity contribution in [3.63, 3.8) is 0 Å². The van der Waals surface area contributed by atoms with E-state index in [1.54, 1.807) is 0 Å². The number of rotatable bonds is 3. The highest BCUT2D eigenvalue weighted by atomic mass is 32.2. The predicted molar refractivity (Wildman–Crippen MR) is 38.8 cm³/mol. The van der Waals surface area contributed by atoms with Crippen LogP contribution in [0.2, 0.25) is 0 Å². The van der Waals surface area contributed by atoms with Gasteiger partial charge in [-0.1, -0.05) is 6.58 Å². The van der Waals surface area contributed by atoms with Crippen LogP contribution in [0.1, 0.15) is 6.92 Å². The van der Waals surface area contributed by atoms with Gasteiger partial charge in [-0.2, -0.15) is 0 Å². The van der Waals surface area contributed by atoms with Crippen molar-refractivity contribution >= 4 is 9.84 Å². The van der Waals surface area contributed by atoms with Crippen molar-refractivity contribution in [1.29, 1.82) is 0 Å². The molecule has 0 rings (SSSR count). The lowest BCUT2D eigenvalue weighted by Crippen LogP contribution is -2.36. The monoisotopic (exact) mass is 165 g/mol. The first kappa shape index (κ1) is 9.61. The lowest BCUT2D eigenvalue weighted by atomic mass is 10.4. The summed E-state index contributed by atoms with van der Waals surface area (Å²) in [7, 11) is -3.41. The number of sulfone groups is 1. The molecule has 0 aliphatic carbocycles. The van der Waals surface area contributed by atoms with E-state index >= 15 is 0 Å². The molecule has 0 fully saturated rings. The minimum Gasteiger partial charge on any atom is -0.377 e. The van der Waals surface area contributed by atoms with Crippen molar-refractivity contribution in [2.45, 2.75) is 18.4 Å². The minimum absolute atomic E-state index is 0.785. The van der Waals surface area contributed by atoms with Gasteiger partial charge in [-0.05, 0) is 6.92 Å². The van der Waals surface area contributed by atoms with Gasteiger partial charge in [0.1, 0.15) is 11.5 Å². The summed E-state index contributed by atoms with van der Waals surface area (Å²) in [5, 5.41) is 8.44. The maximum absolute atomic E-state index is 10.8. The highest BCUT2D eigenvalue weighted by molar-refractivity contribution is 7.94. The van der Waals surface area contributed by atoms with Crippen molar-refractivity contribution in [2.24, 2.45) is 5.73 Å². The number of hydrogen-bond acceptors (Lipinski definition) is 4. The van der Waals surface area contributed by atoms with Crippen molar-refractivity contribution in [3.8, 4) is 0 Å². The minimum atomic E-state index is -3.41. The van der Waals surface area contributed by atoms with E-state index in [0.29, 0.717) is 0 Å². The Bertz CT molecular complexity index is 207. The van der Waals surface area contributed by atoms with Gasteiger partial charge in [0.05, 0.1) is 0 Å². The van der Waals surface area contributed by atoms with Crippen molar-refractivity contribution in [2.75, 3.05) is 0 Å². The first-order chi connectivity index (χ1) is 4.41. The van der Waals surface area contributed by atoms with Gasteiger partial charge in [-0.25, -0.2) is 8.42 Å². The maximum atomic E-state index is 10.8. The van der Waals surface area contributed by atoms with Crippen molar-refractivity contribution in [3.05, 3.63) is 12.0 Å². The molecule has 10 heavy (non-hydrogen) atoms. The molecule has 0 bridgehead atoms. The van der Waals surface area contributed by atoms with Gasteiger partial charge < -0.3 is 10.8 Å².